The molecule has 4 rings (SSSR count). The molecule has 32 heavy (non-hydrogen) atoms. The van der Waals surface area contributed by atoms with E-state index in [2.05, 4.69) is 21.9 Å². The third-order valence-corrected chi connectivity index (χ3v) is 7.10. The van der Waals surface area contributed by atoms with Crippen LogP contribution in [-0.4, -0.2) is 43.3 Å². The summed E-state index contributed by atoms with van der Waals surface area (Å²) in [7, 11) is 0. The van der Waals surface area contributed by atoms with Crippen LogP contribution in [0.15, 0.2) is 76.9 Å². The molecule has 1 amide bonds. The van der Waals surface area contributed by atoms with Gasteiger partial charge in [0.2, 0.25) is 0 Å². The molecule has 0 bridgehead atoms. The third kappa shape index (κ3) is 5.63. The Morgan fingerprint density at radius 2 is 1.84 bits per heavy atom. The maximum absolute atomic E-state index is 11.6. The number of rotatable bonds is 9. The van der Waals surface area contributed by atoms with Gasteiger partial charge < -0.3 is 15.0 Å². The largest absolute Gasteiger partial charge is 0.465 e. The summed E-state index contributed by atoms with van der Waals surface area (Å²) in [5, 5.41) is 10.4. The SMILES string of the molecule is Cc1c(SCCN(Cc2ccccc2)C(=O)O)ccnc1CSc1nc2ccccc2[nH]1. The smallest absolute Gasteiger partial charge is 0.407 e. The summed E-state index contributed by atoms with van der Waals surface area (Å²) < 4.78 is 0. The second-order valence-electron chi connectivity index (χ2n) is 7.27. The number of imidazole rings is 1. The molecule has 0 spiro atoms. The summed E-state index contributed by atoms with van der Waals surface area (Å²) in [4.78, 5) is 26.7. The minimum Gasteiger partial charge on any atom is -0.465 e. The van der Waals surface area contributed by atoms with Crippen LogP contribution < -0.4 is 0 Å². The van der Waals surface area contributed by atoms with E-state index in [1.807, 2.05) is 66.9 Å². The van der Waals surface area contributed by atoms with Crippen molar-refractivity contribution >= 4 is 40.7 Å². The van der Waals surface area contributed by atoms with Gasteiger partial charge in [-0.15, -0.1) is 11.8 Å². The third-order valence-electron chi connectivity index (χ3n) is 5.08. The number of amides is 1. The number of thioether (sulfide) groups is 2. The normalized spacial score (nSPS) is 11.0. The lowest BCUT2D eigenvalue weighted by Crippen LogP contribution is -2.31. The Bertz CT molecular complexity index is 1160. The van der Waals surface area contributed by atoms with Gasteiger partial charge in [-0.25, -0.2) is 9.78 Å². The second kappa shape index (κ2) is 10.6. The van der Waals surface area contributed by atoms with E-state index in [0.29, 0.717) is 18.8 Å². The zero-order valence-electron chi connectivity index (χ0n) is 17.7. The lowest BCUT2D eigenvalue weighted by atomic mass is 10.2. The first kappa shape index (κ1) is 22.2. The van der Waals surface area contributed by atoms with Gasteiger partial charge in [0.05, 0.1) is 16.7 Å². The number of carbonyl (C=O) groups is 1. The number of aromatic nitrogens is 3. The number of carboxylic acid groups (broad SMARTS) is 1. The Morgan fingerprint density at radius 3 is 2.62 bits per heavy atom. The van der Waals surface area contributed by atoms with E-state index in [9.17, 15) is 9.90 Å². The molecule has 0 saturated heterocycles. The molecule has 164 valence electrons. The maximum Gasteiger partial charge on any atom is 0.407 e. The van der Waals surface area contributed by atoms with Gasteiger partial charge in [-0.1, -0.05) is 54.2 Å². The fourth-order valence-electron chi connectivity index (χ4n) is 3.31. The van der Waals surface area contributed by atoms with Gasteiger partial charge in [-0.05, 0) is 36.2 Å². The van der Waals surface area contributed by atoms with Gasteiger partial charge in [-0.2, -0.15) is 0 Å². The van der Waals surface area contributed by atoms with E-state index in [1.165, 1.54) is 4.90 Å². The molecule has 2 aromatic heterocycles. The summed E-state index contributed by atoms with van der Waals surface area (Å²) in [6.45, 7) is 2.92. The van der Waals surface area contributed by atoms with E-state index >= 15 is 0 Å². The fourth-order valence-corrected chi connectivity index (χ4v) is 5.24. The van der Waals surface area contributed by atoms with Crippen molar-refractivity contribution in [3.63, 3.8) is 0 Å². The second-order valence-corrected chi connectivity index (χ2v) is 9.37. The van der Waals surface area contributed by atoms with E-state index < -0.39 is 6.09 Å². The molecular weight excluding hydrogens is 440 g/mol. The van der Waals surface area contributed by atoms with E-state index in [-0.39, 0.29) is 0 Å². The lowest BCUT2D eigenvalue weighted by molar-refractivity contribution is 0.145. The van der Waals surface area contributed by atoms with Gasteiger partial charge in [0, 0.05) is 35.7 Å². The van der Waals surface area contributed by atoms with E-state index in [1.54, 1.807) is 23.5 Å². The molecule has 0 saturated carbocycles. The maximum atomic E-state index is 11.6. The Hall–Kier alpha value is -2.97. The molecule has 2 heterocycles. The number of hydrogen-bond donors (Lipinski definition) is 2. The first-order valence-electron chi connectivity index (χ1n) is 10.3. The molecule has 8 heteroatoms. The van der Waals surface area contributed by atoms with Gasteiger partial charge in [0.25, 0.3) is 0 Å². The summed E-state index contributed by atoms with van der Waals surface area (Å²) >= 11 is 3.30. The Labute approximate surface area is 195 Å². The van der Waals surface area contributed by atoms with Crippen molar-refractivity contribution in [1.29, 1.82) is 0 Å². The van der Waals surface area contributed by atoms with Crippen LogP contribution in [0, 0.1) is 6.92 Å². The fraction of sp³-hybridized carbons (Fsp3) is 0.208. The number of nitrogens with zero attached hydrogens (tertiary/aromatic N) is 3. The quantitative estimate of drug-likeness (QED) is 0.303. The molecule has 0 fully saturated rings. The number of benzene rings is 2. The molecule has 0 aliphatic carbocycles. The average Bonchev–Trinajstić information content (AvgIpc) is 3.22. The van der Waals surface area contributed by atoms with Gasteiger partial charge in [0.1, 0.15) is 0 Å². The van der Waals surface area contributed by atoms with Gasteiger partial charge in [0.15, 0.2) is 5.16 Å². The van der Waals surface area contributed by atoms with Crippen molar-refractivity contribution in [3.8, 4) is 0 Å². The van der Waals surface area contributed by atoms with Crippen LogP contribution in [-0.2, 0) is 12.3 Å². The van der Waals surface area contributed by atoms with Crippen LogP contribution in [0.1, 0.15) is 16.8 Å². The number of hydrogen-bond acceptors (Lipinski definition) is 5. The Morgan fingerprint density at radius 1 is 1.06 bits per heavy atom. The van der Waals surface area contributed by atoms with Crippen LogP contribution >= 0.6 is 23.5 Å². The minimum absolute atomic E-state index is 0.394. The average molecular weight is 465 g/mol. The van der Waals surface area contributed by atoms with Crippen LogP contribution in [0.4, 0.5) is 4.79 Å². The van der Waals surface area contributed by atoms with Crippen LogP contribution in [0.5, 0.6) is 0 Å². The highest BCUT2D eigenvalue weighted by Crippen LogP contribution is 2.28. The number of fused-ring (bicyclic) bond motifs is 1. The van der Waals surface area contributed by atoms with E-state index in [0.717, 1.165) is 43.7 Å². The monoisotopic (exact) mass is 464 g/mol. The molecule has 4 aromatic rings. The zero-order valence-corrected chi connectivity index (χ0v) is 19.3. The molecule has 0 aliphatic rings. The van der Waals surface area contributed by atoms with Crippen molar-refractivity contribution in [3.05, 3.63) is 83.7 Å². The molecule has 2 N–H and O–H groups in total. The van der Waals surface area contributed by atoms with Crippen molar-refractivity contribution in [1.82, 2.24) is 19.9 Å². The zero-order chi connectivity index (χ0) is 22.3. The van der Waals surface area contributed by atoms with Gasteiger partial charge in [-0.3, -0.25) is 4.98 Å². The highest BCUT2D eigenvalue weighted by molar-refractivity contribution is 7.99. The Balaban J connectivity index is 1.34. The minimum atomic E-state index is -0.899. The molecule has 0 aliphatic heterocycles. The van der Waals surface area contributed by atoms with Crippen molar-refractivity contribution in [2.45, 2.75) is 29.3 Å². The Kier molecular flexibility index (Phi) is 7.34. The number of para-hydroxylation sites is 2. The molecule has 2 aromatic carbocycles. The summed E-state index contributed by atoms with van der Waals surface area (Å²) in [5.41, 5.74) is 5.13. The first-order chi connectivity index (χ1) is 15.6. The van der Waals surface area contributed by atoms with E-state index in [4.69, 9.17) is 0 Å². The molecule has 0 unspecified atom stereocenters. The van der Waals surface area contributed by atoms with Crippen molar-refractivity contribution < 1.29 is 9.90 Å². The summed E-state index contributed by atoms with van der Waals surface area (Å²) in [5.74, 6) is 1.40. The molecular formula is C24H24N4O2S2. The van der Waals surface area contributed by atoms with Crippen molar-refractivity contribution in [2.24, 2.45) is 0 Å². The lowest BCUT2D eigenvalue weighted by Gasteiger charge is -2.19. The molecule has 0 atom stereocenters. The van der Waals surface area contributed by atoms with Crippen LogP contribution in [0.3, 0.4) is 0 Å². The number of pyridine rings is 1. The highest BCUT2D eigenvalue weighted by atomic mass is 32.2. The molecule has 0 radical (unpaired) electrons. The van der Waals surface area contributed by atoms with Gasteiger partial charge >= 0.3 is 6.09 Å². The molecule has 6 nitrogen and oxygen atoms in total. The van der Waals surface area contributed by atoms with Crippen LogP contribution in [0.25, 0.3) is 11.0 Å². The highest BCUT2D eigenvalue weighted by Gasteiger charge is 2.13. The topological polar surface area (TPSA) is 82.1 Å². The van der Waals surface area contributed by atoms with Crippen molar-refractivity contribution in [2.75, 3.05) is 12.3 Å². The predicted octanol–water partition coefficient (Wildman–Crippen LogP) is 5.83. The van der Waals surface area contributed by atoms with Crippen LogP contribution in [0.2, 0.25) is 0 Å². The standard InChI is InChI=1S/C24H24N4O2S2/c1-17-21(16-32-23-26-19-9-5-6-10-20(19)27-23)25-12-11-22(17)31-14-13-28(24(29)30)15-18-7-3-2-4-8-18/h2-12H,13-16H2,1H3,(H,26,27)(H,29,30). The predicted molar refractivity (Wildman–Crippen MR) is 130 cm³/mol. The number of H-pyrrole nitrogens is 1. The number of nitrogens with one attached hydrogen (secondary N) is 1. The summed E-state index contributed by atoms with van der Waals surface area (Å²) in [6, 6.07) is 19.7. The first-order valence-corrected chi connectivity index (χ1v) is 12.2. The number of aromatic amines is 1. The summed E-state index contributed by atoms with van der Waals surface area (Å²) in [6.07, 6.45) is 0.923.